The summed E-state index contributed by atoms with van der Waals surface area (Å²) in [5.41, 5.74) is 0.359. The van der Waals surface area contributed by atoms with Crippen molar-refractivity contribution in [1.82, 2.24) is 4.98 Å². The molecule has 0 fully saturated rings. The first-order valence-corrected chi connectivity index (χ1v) is 5.29. The first kappa shape index (κ1) is 11.0. The van der Waals surface area contributed by atoms with Gasteiger partial charge in [0.1, 0.15) is 11.4 Å². The van der Waals surface area contributed by atoms with Crippen LogP contribution >= 0.6 is 0 Å². The van der Waals surface area contributed by atoms with Crippen LogP contribution in [0.2, 0.25) is 0 Å². The van der Waals surface area contributed by atoms with Crippen LogP contribution in [0.5, 0.6) is 0 Å². The number of aliphatic hydroxyl groups is 1. The van der Waals surface area contributed by atoms with Gasteiger partial charge in [-0.15, -0.1) is 0 Å². The highest BCUT2D eigenvalue weighted by molar-refractivity contribution is 5.88. The number of nitrogens with one attached hydrogen (secondary N) is 1. The Morgan fingerprint density at radius 3 is 2.88 bits per heavy atom. The molecule has 1 unspecified atom stereocenters. The summed E-state index contributed by atoms with van der Waals surface area (Å²) in [4.78, 5) is 4.26. The Hall–Kier alpha value is -1.55. The van der Waals surface area contributed by atoms with E-state index in [0.29, 0.717) is 0 Å². The molecular weight excluding hydrogens is 204 g/mol. The Morgan fingerprint density at radius 2 is 2.19 bits per heavy atom. The number of aliphatic hydroxyl groups excluding tert-OH is 1. The zero-order valence-corrected chi connectivity index (χ0v) is 9.69. The van der Waals surface area contributed by atoms with Crippen LogP contribution in [-0.4, -0.2) is 21.7 Å². The third-order valence-electron chi connectivity index (χ3n) is 2.86. The summed E-state index contributed by atoms with van der Waals surface area (Å²) in [7, 11) is 0. The topological polar surface area (TPSA) is 58.3 Å². The predicted octanol–water partition coefficient (Wildman–Crippen LogP) is 2.40. The molecule has 0 bridgehead atoms. The number of fused-ring (bicyclic) bond motifs is 1. The lowest BCUT2D eigenvalue weighted by atomic mass is 9.99. The highest BCUT2D eigenvalue weighted by Crippen LogP contribution is 2.25. The number of pyridine rings is 1. The lowest BCUT2D eigenvalue weighted by molar-refractivity contribution is 0.133. The fourth-order valence-corrected chi connectivity index (χ4v) is 1.40. The highest BCUT2D eigenvalue weighted by Gasteiger charge is 2.24. The van der Waals surface area contributed by atoms with Gasteiger partial charge in [-0.25, -0.2) is 4.98 Å². The Bertz CT molecular complexity index is 488. The number of rotatable bonds is 3. The quantitative estimate of drug-likeness (QED) is 0.833. The molecule has 0 aromatic carbocycles. The highest BCUT2D eigenvalue weighted by atomic mass is 16.3. The summed E-state index contributed by atoms with van der Waals surface area (Å²) in [5, 5.41) is 13.8. The minimum atomic E-state index is -0.476. The van der Waals surface area contributed by atoms with Crippen LogP contribution in [0.1, 0.15) is 20.8 Å². The molecule has 4 heteroatoms. The van der Waals surface area contributed by atoms with E-state index in [1.807, 2.05) is 26.0 Å². The van der Waals surface area contributed by atoms with Crippen molar-refractivity contribution in [2.75, 3.05) is 5.32 Å². The Morgan fingerprint density at radius 1 is 1.44 bits per heavy atom. The maximum Gasteiger partial charge on any atom is 0.139 e. The van der Waals surface area contributed by atoms with Crippen LogP contribution < -0.4 is 5.32 Å². The second-order valence-electron chi connectivity index (χ2n) is 4.51. The molecule has 16 heavy (non-hydrogen) atoms. The lowest BCUT2D eigenvalue weighted by Crippen LogP contribution is -2.42. The molecule has 2 aromatic heterocycles. The average molecular weight is 220 g/mol. The number of hydrogen-bond donors (Lipinski definition) is 2. The molecule has 2 rings (SSSR count). The van der Waals surface area contributed by atoms with E-state index in [1.165, 1.54) is 0 Å². The third kappa shape index (κ3) is 1.88. The molecule has 2 aromatic rings. The van der Waals surface area contributed by atoms with Crippen molar-refractivity contribution < 1.29 is 9.52 Å². The van der Waals surface area contributed by atoms with Gasteiger partial charge in [0.25, 0.3) is 0 Å². The van der Waals surface area contributed by atoms with Crippen molar-refractivity contribution in [3.8, 4) is 0 Å². The fourth-order valence-electron chi connectivity index (χ4n) is 1.40. The zero-order chi connectivity index (χ0) is 11.8. The zero-order valence-electron chi connectivity index (χ0n) is 9.69. The number of anilines is 1. The number of nitrogens with zero attached hydrogens (tertiary/aromatic N) is 1. The van der Waals surface area contributed by atoms with E-state index in [4.69, 9.17) is 4.42 Å². The van der Waals surface area contributed by atoms with Crippen LogP contribution in [0, 0.1) is 0 Å². The molecule has 2 heterocycles. The van der Waals surface area contributed by atoms with Gasteiger partial charge in [-0.3, -0.25) is 0 Å². The van der Waals surface area contributed by atoms with E-state index in [1.54, 1.807) is 19.4 Å². The Labute approximate surface area is 94.3 Å². The van der Waals surface area contributed by atoms with Gasteiger partial charge in [-0.2, -0.15) is 0 Å². The minimum Gasteiger partial charge on any atom is -0.464 e. The summed E-state index contributed by atoms with van der Waals surface area (Å²) >= 11 is 0. The summed E-state index contributed by atoms with van der Waals surface area (Å²) in [5.74, 6) is 0.733. The molecule has 1 atom stereocenters. The normalized spacial score (nSPS) is 14.0. The smallest absolute Gasteiger partial charge is 0.139 e. The van der Waals surface area contributed by atoms with Crippen molar-refractivity contribution in [2.45, 2.75) is 32.4 Å². The van der Waals surface area contributed by atoms with Gasteiger partial charge in [0.2, 0.25) is 0 Å². The van der Waals surface area contributed by atoms with Crippen molar-refractivity contribution in [2.24, 2.45) is 0 Å². The van der Waals surface area contributed by atoms with Crippen molar-refractivity contribution in [3.05, 3.63) is 24.6 Å². The van der Waals surface area contributed by atoms with E-state index in [2.05, 4.69) is 10.3 Å². The van der Waals surface area contributed by atoms with Gasteiger partial charge in [0.15, 0.2) is 0 Å². The first-order chi connectivity index (χ1) is 7.50. The van der Waals surface area contributed by atoms with Crippen LogP contribution in [0.4, 0.5) is 5.82 Å². The number of aromatic nitrogens is 1. The largest absolute Gasteiger partial charge is 0.464 e. The van der Waals surface area contributed by atoms with E-state index in [0.717, 1.165) is 16.8 Å². The molecule has 0 aliphatic heterocycles. The Kier molecular flexibility index (Phi) is 2.59. The molecule has 0 amide bonds. The summed E-state index contributed by atoms with van der Waals surface area (Å²) in [6.07, 6.45) is 2.84. The average Bonchev–Trinajstić information content (AvgIpc) is 2.65. The summed E-state index contributed by atoms with van der Waals surface area (Å²) in [6, 6.07) is 3.68. The molecular formula is C12H16N2O2. The van der Waals surface area contributed by atoms with E-state index in [9.17, 15) is 5.11 Å². The monoisotopic (exact) mass is 220 g/mol. The van der Waals surface area contributed by atoms with Gasteiger partial charge in [0, 0.05) is 6.20 Å². The summed E-state index contributed by atoms with van der Waals surface area (Å²) < 4.78 is 5.29. The SMILES string of the molecule is CC(O)C(C)(C)Nc1nccc2occc12. The molecule has 0 aliphatic carbocycles. The van der Waals surface area contributed by atoms with Crippen LogP contribution in [0.3, 0.4) is 0 Å². The van der Waals surface area contributed by atoms with Crippen LogP contribution in [0.25, 0.3) is 11.0 Å². The molecule has 2 N–H and O–H groups in total. The van der Waals surface area contributed by atoms with Gasteiger partial charge < -0.3 is 14.8 Å². The third-order valence-corrected chi connectivity index (χ3v) is 2.86. The van der Waals surface area contributed by atoms with Gasteiger partial charge >= 0.3 is 0 Å². The van der Waals surface area contributed by atoms with Crippen LogP contribution in [0.15, 0.2) is 29.0 Å². The summed E-state index contributed by atoms with van der Waals surface area (Å²) in [6.45, 7) is 5.61. The van der Waals surface area contributed by atoms with E-state index in [-0.39, 0.29) is 0 Å². The number of furan rings is 1. The second-order valence-corrected chi connectivity index (χ2v) is 4.51. The predicted molar refractivity (Wildman–Crippen MR) is 63.4 cm³/mol. The molecule has 0 spiro atoms. The van der Waals surface area contributed by atoms with Crippen molar-refractivity contribution >= 4 is 16.8 Å². The van der Waals surface area contributed by atoms with Gasteiger partial charge in [0.05, 0.1) is 23.3 Å². The first-order valence-electron chi connectivity index (χ1n) is 5.29. The Balaban J connectivity index is 2.37. The van der Waals surface area contributed by atoms with Gasteiger partial charge in [-0.05, 0) is 32.9 Å². The fraction of sp³-hybridized carbons (Fsp3) is 0.417. The molecule has 0 aliphatic rings. The molecule has 4 nitrogen and oxygen atoms in total. The van der Waals surface area contributed by atoms with E-state index < -0.39 is 11.6 Å². The van der Waals surface area contributed by atoms with Crippen LogP contribution in [-0.2, 0) is 0 Å². The van der Waals surface area contributed by atoms with Crippen molar-refractivity contribution in [3.63, 3.8) is 0 Å². The maximum absolute atomic E-state index is 9.65. The second kappa shape index (κ2) is 3.79. The van der Waals surface area contributed by atoms with Gasteiger partial charge in [-0.1, -0.05) is 0 Å². The standard InChI is InChI=1S/C12H16N2O2/c1-8(15)12(2,3)14-11-9-5-7-16-10(9)4-6-13-11/h4-8,15H,1-3H3,(H,13,14). The maximum atomic E-state index is 9.65. The van der Waals surface area contributed by atoms with E-state index >= 15 is 0 Å². The molecule has 0 saturated heterocycles. The number of hydrogen-bond acceptors (Lipinski definition) is 4. The molecule has 86 valence electrons. The molecule has 0 radical (unpaired) electrons. The molecule has 0 saturated carbocycles. The minimum absolute atomic E-state index is 0.432. The van der Waals surface area contributed by atoms with Crippen molar-refractivity contribution in [1.29, 1.82) is 0 Å². The lowest BCUT2D eigenvalue weighted by Gasteiger charge is -2.30.